The first-order valence-corrected chi connectivity index (χ1v) is 5.47. The van der Waals surface area contributed by atoms with Crippen LogP contribution < -0.4 is 0 Å². The number of carboxylic acid groups (broad SMARTS) is 1. The zero-order valence-electron chi connectivity index (χ0n) is 9.88. The third-order valence-corrected chi connectivity index (χ3v) is 1.97. The Labute approximate surface area is 99.9 Å². The summed E-state index contributed by atoms with van der Waals surface area (Å²) in [6.45, 7) is 4.00. The largest absolute Gasteiger partial charge is 0.476 e. The summed E-state index contributed by atoms with van der Waals surface area (Å²) in [4.78, 5) is 14.4. The quantitative estimate of drug-likeness (QED) is 0.885. The average molecular weight is 233 g/mol. The molecule has 0 unspecified atom stereocenters. The van der Waals surface area contributed by atoms with Gasteiger partial charge in [-0.15, -0.1) is 0 Å². The van der Waals surface area contributed by atoms with Gasteiger partial charge in [0.05, 0.1) is 0 Å². The standard InChI is InChI=1S/C11H9NO3.C2H6/c13-11(14)9-7-15-10(12-9)6-8-4-2-1-3-5-8;1-2/h1-5,7H,6H2,(H,13,14);1-2H3. The zero-order valence-corrected chi connectivity index (χ0v) is 9.88. The van der Waals surface area contributed by atoms with Crippen LogP contribution in [0.5, 0.6) is 0 Å². The predicted molar refractivity (Wildman–Crippen MR) is 64.1 cm³/mol. The molecule has 0 saturated carbocycles. The van der Waals surface area contributed by atoms with Gasteiger partial charge < -0.3 is 9.52 Å². The number of hydrogen-bond donors (Lipinski definition) is 1. The van der Waals surface area contributed by atoms with Crippen LogP contribution in [-0.4, -0.2) is 16.1 Å². The minimum Gasteiger partial charge on any atom is -0.476 e. The van der Waals surface area contributed by atoms with Crippen molar-refractivity contribution < 1.29 is 14.3 Å². The van der Waals surface area contributed by atoms with Gasteiger partial charge in [0.1, 0.15) is 6.26 Å². The summed E-state index contributed by atoms with van der Waals surface area (Å²) in [7, 11) is 0. The summed E-state index contributed by atoms with van der Waals surface area (Å²) in [5, 5.41) is 8.64. The lowest BCUT2D eigenvalue weighted by atomic mass is 10.1. The van der Waals surface area contributed by atoms with Gasteiger partial charge in [-0.3, -0.25) is 0 Å². The highest BCUT2D eigenvalue weighted by Gasteiger charge is 2.10. The number of rotatable bonds is 3. The Hall–Kier alpha value is -2.10. The van der Waals surface area contributed by atoms with Gasteiger partial charge in [0.2, 0.25) is 0 Å². The Bertz CT molecular complexity index is 463. The average Bonchev–Trinajstić information content (AvgIpc) is 2.82. The van der Waals surface area contributed by atoms with E-state index < -0.39 is 5.97 Å². The topological polar surface area (TPSA) is 63.3 Å². The normalized spacial score (nSPS) is 9.29. The number of carbonyl (C=O) groups is 1. The van der Waals surface area contributed by atoms with Crippen molar-refractivity contribution in [3.63, 3.8) is 0 Å². The number of aromatic nitrogens is 1. The fourth-order valence-electron chi connectivity index (χ4n) is 1.26. The molecular formula is C13H15NO3. The van der Waals surface area contributed by atoms with E-state index in [9.17, 15) is 4.79 Å². The summed E-state index contributed by atoms with van der Waals surface area (Å²) < 4.78 is 5.04. The molecule has 1 aromatic heterocycles. The molecule has 2 aromatic rings. The Morgan fingerprint density at radius 1 is 1.29 bits per heavy atom. The van der Waals surface area contributed by atoms with Crippen LogP contribution in [-0.2, 0) is 6.42 Å². The Morgan fingerprint density at radius 2 is 1.94 bits per heavy atom. The molecule has 0 radical (unpaired) electrons. The van der Waals surface area contributed by atoms with Gasteiger partial charge in [-0.25, -0.2) is 9.78 Å². The predicted octanol–water partition coefficient (Wildman–Crippen LogP) is 2.99. The number of oxazole rings is 1. The van der Waals surface area contributed by atoms with Gasteiger partial charge in [-0.1, -0.05) is 44.2 Å². The molecule has 0 aliphatic heterocycles. The van der Waals surface area contributed by atoms with Crippen molar-refractivity contribution in [2.24, 2.45) is 0 Å². The van der Waals surface area contributed by atoms with E-state index in [0.29, 0.717) is 12.3 Å². The summed E-state index contributed by atoms with van der Waals surface area (Å²) >= 11 is 0. The van der Waals surface area contributed by atoms with Crippen molar-refractivity contribution in [2.75, 3.05) is 0 Å². The van der Waals surface area contributed by atoms with Crippen molar-refractivity contribution in [2.45, 2.75) is 20.3 Å². The van der Waals surface area contributed by atoms with Crippen LogP contribution in [0.2, 0.25) is 0 Å². The number of carboxylic acids is 1. The third kappa shape index (κ3) is 3.75. The van der Waals surface area contributed by atoms with Gasteiger partial charge in [0.15, 0.2) is 11.6 Å². The molecule has 0 bridgehead atoms. The van der Waals surface area contributed by atoms with Gasteiger partial charge in [0.25, 0.3) is 0 Å². The highest BCUT2D eigenvalue weighted by Crippen LogP contribution is 2.09. The Morgan fingerprint density at radius 3 is 2.47 bits per heavy atom. The van der Waals surface area contributed by atoms with Crippen LogP contribution in [0.25, 0.3) is 0 Å². The summed E-state index contributed by atoms with van der Waals surface area (Å²) in [6, 6.07) is 9.61. The van der Waals surface area contributed by atoms with Crippen LogP contribution in [0.4, 0.5) is 0 Å². The van der Waals surface area contributed by atoms with Gasteiger partial charge >= 0.3 is 5.97 Å². The summed E-state index contributed by atoms with van der Waals surface area (Å²) in [5.41, 5.74) is 0.984. The van der Waals surface area contributed by atoms with Crippen LogP contribution in [0.3, 0.4) is 0 Å². The molecule has 0 spiro atoms. The number of benzene rings is 1. The Balaban J connectivity index is 0.000000686. The Kier molecular flexibility index (Phi) is 4.94. The van der Waals surface area contributed by atoms with Gasteiger partial charge in [-0.2, -0.15) is 0 Å². The van der Waals surface area contributed by atoms with Gasteiger partial charge in [-0.05, 0) is 5.56 Å². The van der Waals surface area contributed by atoms with E-state index in [-0.39, 0.29) is 5.69 Å². The molecule has 4 heteroatoms. The van der Waals surface area contributed by atoms with E-state index in [4.69, 9.17) is 9.52 Å². The molecule has 4 nitrogen and oxygen atoms in total. The molecule has 0 saturated heterocycles. The smallest absolute Gasteiger partial charge is 0.357 e. The first-order chi connectivity index (χ1) is 8.25. The molecule has 0 amide bonds. The fraction of sp³-hybridized carbons (Fsp3) is 0.231. The van der Waals surface area contributed by atoms with Gasteiger partial charge in [0, 0.05) is 6.42 Å². The van der Waals surface area contributed by atoms with Crippen molar-refractivity contribution in [3.8, 4) is 0 Å². The number of nitrogens with zero attached hydrogens (tertiary/aromatic N) is 1. The minimum absolute atomic E-state index is 0.0547. The van der Waals surface area contributed by atoms with Crippen LogP contribution in [0.1, 0.15) is 35.8 Å². The maximum Gasteiger partial charge on any atom is 0.357 e. The van der Waals surface area contributed by atoms with E-state index in [0.717, 1.165) is 11.8 Å². The summed E-state index contributed by atoms with van der Waals surface area (Å²) in [6.07, 6.45) is 1.66. The second-order valence-corrected chi connectivity index (χ2v) is 3.09. The van der Waals surface area contributed by atoms with Crippen molar-refractivity contribution in [1.29, 1.82) is 0 Å². The molecule has 1 N–H and O–H groups in total. The molecule has 2 rings (SSSR count). The summed E-state index contributed by atoms with van der Waals surface area (Å²) in [5.74, 6) is -0.656. The second-order valence-electron chi connectivity index (χ2n) is 3.09. The maximum atomic E-state index is 10.5. The maximum absolute atomic E-state index is 10.5. The fourth-order valence-corrected chi connectivity index (χ4v) is 1.26. The van der Waals surface area contributed by atoms with E-state index in [1.807, 2.05) is 44.2 Å². The minimum atomic E-state index is -1.07. The van der Waals surface area contributed by atoms with Crippen molar-refractivity contribution in [3.05, 3.63) is 53.7 Å². The number of hydrogen-bond acceptors (Lipinski definition) is 3. The highest BCUT2D eigenvalue weighted by molar-refractivity contribution is 5.84. The van der Waals surface area contributed by atoms with Crippen molar-refractivity contribution >= 4 is 5.97 Å². The van der Waals surface area contributed by atoms with E-state index >= 15 is 0 Å². The first-order valence-electron chi connectivity index (χ1n) is 5.47. The molecule has 0 aliphatic rings. The van der Waals surface area contributed by atoms with Crippen LogP contribution >= 0.6 is 0 Å². The SMILES string of the molecule is CC.O=C(O)c1coc(Cc2ccccc2)n1. The van der Waals surface area contributed by atoms with E-state index in [2.05, 4.69) is 4.98 Å². The second kappa shape index (κ2) is 6.48. The zero-order chi connectivity index (χ0) is 12.7. The lowest BCUT2D eigenvalue weighted by Crippen LogP contribution is -1.97. The molecule has 1 heterocycles. The van der Waals surface area contributed by atoms with Crippen molar-refractivity contribution in [1.82, 2.24) is 4.98 Å². The van der Waals surface area contributed by atoms with E-state index in [1.165, 1.54) is 0 Å². The molecule has 17 heavy (non-hydrogen) atoms. The van der Waals surface area contributed by atoms with Crippen LogP contribution in [0.15, 0.2) is 41.0 Å². The lowest BCUT2D eigenvalue weighted by Gasteiger charge is -1.94. The molecule has 90 valence electrons. The number of aromatic carboxylic acids is 1. The molecule has 0 fully saturated rings. The lowest BCUT2D eigenvalue weighted by molar-refractivity contribution is 0.0690. The molecule has 1 aromatic carbocycles. The molecule has 0 aliphatic carbocycles. The highest BCUT2D eigenvalue weighted by atomic mass is 16.4. The van der Waals surface area contributed by atoms with Crippen LogP contribution in [0, 0.1) is 0 Å². The molecule has 0 atom stereocenters. The molecular weight excluding hydrogens is 218 g/mol. The van der Waals surface area contributed by atoms with E-state index in [1.54, 1.807) is 0 Å². The third-order valence-electron chi connectivity index (χ3n) is 1.97. The monoisotopic (exact) mass is 233 g/mol. The first kappa shape index (κ1) is 13.0.